The first kappa shape index (κ1) is 17.0. The van der Waals surface area contributed by atoms with E-state index in [9.17, 15) is 8.42 Å². The molecule has 0 aliphatic carbocycles. The van der Waals surface area contributed by atoms with E-state index in [0.29, 0.717) is 22.9 Å². The van der Waals surface area contributed by atoms with Gasteiger partial charge in [-0.15, -0.1) is 0 Å². The molecule has 0 unspecified atom stereocenters. The van der Waals surface area contributed by atoms with Gasteiger partial charge in [0.25, 0.3) is 10.2 Å². The normalized spacial score (nSPS) is 11.3. The van der Waals surface area contributed by atoms with Crippen LogP contribution in [0.2, 0.25) is 0 Å². The molecule has 0 saturated carbocycles. The van der Waals surface area contributed by atoms with Crippen LogP contribution in [0.5, 0.6) is 17.2 Å². The van der Waals surface area contributed by atoms with Crippen LogP contribution in [0.3, 0.4) is 0 Å². The van der Waals surface area contributed by atoms with Crippen molar-refractivity contribution in [2.24, 2.45) is 5.14 Å². The Kier molecular flexibility index (Phi) is 4.47. The molecule has 25 heavy (non-hydrogen) atoms. The number of nitrogens with two attached hydrogens (primary N) is 1. The predicted octanol–water partition coefficient (Wildman–Crippen LogP) is 2.96. The predicted molar refractivity (Wildman–Crippen MR) is 96.3 cm³/mol. The average molecular weight is 359 g/mol. The maximum absolute atomic E-state index is 11.1. The highest BCUT2D eigenvalue weighted by molar-refractivity contribution is 7.90. The molecule has 3 aromatic rings. The average Bonchev–Trinajstić information content (AvgIpc) is 2.55. The van der Waals surface area contributed by atoms with Crippen molar-refractivity contribution in [1.29, 1.82) is 0 Å². The Morgan fingerprint density at radius 2 is 1.88 bits per heavy atom. The molecule has 3 rings (SSSR count). The zero-order chi connectivity index (χ0) is 18.0. The molecule has 0 atom stereocenters. The van der Waals surface area contributed by atoms with Gasteiger partial charge < -0.3 is 9.47 Å². The number of nitrogens with one attached hydrogen (secondary N) is 1. The molecule has 0 amide bonds. The van der Waals surface area contributed by atoms with Gasteiger partial charge in [-0.1, -0.05) is 0 Å². The Balaban J connectivity index is 1.93. The van der Waals surface area contributed by atoms with Crippen molar-refractivity contribution in [2.75, 3.05) is 11.8 Å². The standard InChI is InChI=1S/C17H17N3O4S/c1-11-9-12(20-25(18,21)22)3-6-16(11)24-17-7-8-19-15-10-13(23-2)4-5-14(15)17/h3-10,20H,1-2H3,(H2,18,21,22). The molecule has 1 heterocycles. The minimum absolute atomic E-state index is 0.372. The second-order valence-electron chi connectivity index (χ2n) is 5.42. The molecule has 0 fully saturated rings. The molecule has 1 aromatic heterocycles. The number of nitrogens with zero attached hydrogens (tertiary/aromatic N) is 1. The van der Waals surface area contributed by atoms with Gasteiger partial charge in [-0.3, -0.25) is 9.71 Å². The summed E-state index contributed by atoms with van der Waals surface area (Å²) in [4.78, 5) is 4.32. The van der Waals surface area contributed by atoms with Gasteiger partial charge in [0, 0.05) is 17.6 Å². The van der Waals surface area contributed by atoms with Crippen molar-refractivity contribution >= 4 is 26.8 Å². The number of hydrogen-bond donors (Lipinski definition) is 2. The molecule has 130 valence electrons. The molecule has 7 nitrogen and oxygen atoms in total. The molecular formula is C17H17N3O4S. The number of rotatable bonds is 5. The molecule has 0 saturated heterocycles. The number of anilines is 1. The molecule has 8 heteroatoms. The van der Waals surface area contributed by atoms with Crippen LogP contribution in [0.4, 0.5) is 5.69 Å². The van der Waals surface area contributed by atoms with Crippen molar-refractivity contribution in [3.63, 3.8) is 0 Å². The number of ether oxygens (including phenoxy) is 2. The van der Waals surface area contributed by atoms with Gasteiger partial charge in [-0.2, -0.15) is 8.42 Å². The summed E-state index contributed by atoms with van der Waals surface area (Å²) in [6.45, 7) is 1.82. The second-order valence-corrected chi connectivity index (χ2v) is 6.72. The van der Waals surface area contributed by atoms with Crippen LogP contribution in [-0.2, 0) is 10.2 Å². The van der Waals surface area contributed by atoms with Crippen LogP contribution in [0.1, 0.15) is 5.56 Å². The molecular weight excluding hydrogens is 342 g/mol. The van der Waals surface area contributed by atoms with Gasteiger partial charge in [0.15, 0.2) is 0 Å². The lowest BCUT2D eigenvalue weighted by atomic mass is 10.2. The van der Waals surface area contributed by atoms with Gasteiger partial charge in [0.05, 0.1) is 18.3 Å². The lowest BCUT2D eigenvalue weighted by Crippen LogP contribution is -2.21. The molecule has 0 radical (unpaired) electrons. The fourth-order valence-corrected chi connectivity index (χ4v) is 2.88. The van der Waals surface area contributed by atoms with E-state index in [0.717, 1.165) is 16.5 Å². The molecule has 0 aliphatic rings. The van der Waals surface area contributed by atoms with Crippen molar-refractivity contribution in [3.05, 3.63) is 54.2 Å². The largest absolute Gasteiger partial charge is 0.497 e. The van der Waals surface area contributed by atoms with E-state index in [4.69, 9.17) is 14.6 Å². The summed E-state index contributed by atoms with van der Waals surface area (Å²) in [5, 5.41) is 5.82. The van der Waals surface area contributed by atoms with E-state index < -0.39 is 10.2 Å². The van der Waals surface area contributed by atoms with Crippen LogP contribution in [-0.4, -0.2) is 20.5 Å². The summed E-state index contributed by atoms with van der Waals surface area (Å²) in [5.41, 5.74) is 1.88. The zero-order valence-electron chi connectivity index (χ0n) is 13.7. The molecule has 2 aromatic carbocycles. The van der Waals surface area contributed by atoms with Crippen molar-refractivity contribution in [3.8, 4) is 17.2 Å². The van der Waals surface area contributed by atoms with Crippen molar-refractivity contribution in [1.82, 2.24) is 4.98 Å². The minimum Gasteiger partial charge on any atom is -0.497 e. The topological polar surface area (TPSA) is 104 Å². The summed E-state index contributed by atoms with van der Waals surface area (Å²) in [6.07, 6.45) is 1.66. The summed E-state index contributed by atoms with van der Waals surface area (Å²) in [6, 6.07) is 12.2. The third kappa shape index (κ3) is 3.98. The Labute approximate surface area is 145 Å². The smallest absolute Gasteiger partial charge is 0.296 e. The number of aryl methyl sites for hydroxylation is 1. The first-order valence-corrected chi connectivity index (χ1v) is 8.92. The van der Waals surface area contributed by atoms with E-state index in [1.54, 1.807) is 37.6 Å². The number of pyridine rings is 1. The molecule has 0 spiro atoms. The maximum atomic E-state index is 11.1. The van der Waals surface area contributed by atoms with E-state index in [2.05, 4.69) is 9.71 Å². The summed E-state index contributed by atoms with van der Waals surface area (Å²) in [5.74, 6) is 1.96. The lowest BCUT2D eigenvalue weighted by Gasteiger charge is -2.13. The SMILES string of the molecule is COc1ccc2c(Oc3ccc(NS(N)(=O)=O)cc3C)ccnc2c1. The third-order valence-corrected chi connectivity index (χ3v) is 4.09. The van der Waals surface area contributed by atoms with Gasteiger partial charge in [0.2, 0.25) is 0 Å². The Bertz CT molecular complexity index is 1040. The molecule has 3 N–H and O–H groups in total. The highest BCUT2D eigenvalue weighted by atomic mass is 32.2. The fourth-order valence-electron chi connectivity index (χ4n) is 2.43. The summed E-state index contributed by atoms with van der Waals surface area (Å²) < 4.78 is 35.6. The van der Waals surface area contributed by atoms with Gasteiger partial charge in [-0.25, -0.2) is 5.14 Å². The number of benzene rings is 2. The zero-order valence-corrected chi connectivity index (χ0v) is 14.5. The summed E-state index contributed by atoms with van der Waals surface area (Å²) in [7, 11) is -2.21. The van der Waals surface area contributed by atoms with Crippen molar-refractivity contribution in [2.45, 2.75) is 6.92 Å². The van der Waals surface area contributed by atoms with Crippen LogP contribution in [0.25, 0.3) is 10.9 Å². The number of hydrogen-bond acceptors (Lipinski definition) is 5. The number of fused-ring (bicyclic) bond motifs is 1. The number of methoxy groups -OCH3 is 1. The van der Waals surface area contributed by atoms with Gasteiger partial charge >= 0.3 is 0 Å². The van der Waals surface area contributed by atoms with Crippen molar-refractivity contribution < 1.29 is 17.9 Å². The fraction of sp³-hybridized carbons (Fsp3) is 0.118. The number of aromatic nitrogens is 1. The first-order valence-electron chi connectivity index (χ1n) is 7.37. The Morgan fingerprint density at radius 3 is 2.56 bits per heavy atom. The lowest BCUT2D eigenvalue weighted by molar-refractivity contribution is 0.415. The van der Waals surface area contributed by atoms with Crippen LogP contribution in [0, 0.1) is 6.92 Å². The van der Waals surface area contributed by atoms with E-state index in [1.165, 1.54) is 0 Å². The van der Waals surface area contributed by atoms with Crippen LogP contribution >= 0.6 is 0 Å². The van der Waals surface area contributed by atoms with Gasteiger partial charge in [-0.05, 0) is 48.9 Å². The monoisotopic (exact) mass is 359 g/mol. The highest BCUT2D eigenvalue weighted by Crippen LogP contribution is 2.33. The Hall–Kier alpha value is -2.84. The first-order chi connectivity index (χ1) is 11.9. The highest BCUT2D eigenvalue weighted by Gasteiger charge is 2.09. The second kappa shape index (κ2) is 6.58. The van der Waals surface area contributed by atoms with Gasteiger partial charge in [0.1, 0.15) is 17.2 Å². The van der Waals surface area contributed by atoms with E-state index >= 15 is 0 Å². The summed E-state index contributed by atoms with van der Waals surface area (Å²) >= 11 is 0. The molecule has 0 aliphatic heterocycles. The van der Waals surface area contributed by atoms with E-state index in [1.807, 2.05) is 25.1 Å². The minimum atomic E-state index is -3.81. The third-order valence-electron chi connectivity index (χ3n) is 3.56. The Morgan fingerprint density at radius 1 is 1.08 bits per heavy atom. The quantitative estimate of drug-likeness (QED) is 0.729. The maximum Gasteiger partial charge on any atom is 0.296 e. The van der Waals surface area contributed by atoms with E-state index in [-0.39, 0.29) is 0 Å². The van der Waals surface area contributed by atoms with Crippen LogP contribution in [0.15, 0.2) is 48.7 Å². The van der Waals surface area contributed by atoms with Crippen LogP contribution < -0.4 is 19.3 Å². The molecule has 0 bridgehead atoms.